The van der Waals surface area contributed by atoms with Crippen molar-refractivity contribution < 1.29 is 13.2 Å². The lowest BCUT2D eigenvalue weighted by Crippen LogP contribution is -2.14. The molecule has 1 aliphatic rings. The van der Waals surface area contributed by atoms with E-state index in [-0.39, 0.29) is 17.3 Å². The summed E-state index contributed by atoms with van der Waals surface area (Å²) in [7, 11) is 0. The summed E-state index contributed by atoms with van der Waals surface area (Å²) in [5.41, 5.74) is 4.10. The highest BCUT2D eigenvalue weighted by atomic mass is 19.4. The van der Waals surface area contributed by atoms with Crippen LogP contribution in [0.25, 0.3) is 11.3 Å². The van der Waals surface area contributed by atoms with E-state index in [4.69, 9.17) is 4.99 Å². The van der Waals surface area contributed by atoms with E-state index in [0.29, 0.717) is 11.4 Å². The van der Waals surface area contributed by atoms with Crippen LogP contribution in [-0.4, -0.2) is 10.8 Å². The highest BCUT2D eigenvalue weighted by Crippen LogP contribution is 2.38. The van der Waals surface area contributed by atoms with Gasteiger partial charge in [0.05, 0.1) is 17.3 Å². The minimum atomic E-state index is -4.45. The van der Waals surface area contributed by atoms with Crippen molar-refractivity contribution in [2.75, 3.05) is 5.32 Å². The van der Waals surface area contributed by atoms with Gasteiger partial charge in [-0.15, -0.1) is 0 Å². The fourth-order valence-electron chi connectivity index (χ4n) is 3.79. The third-order valence-corrected chi connectivity index (χ3v) is 5.52. The van der Waals surface area contributed by atoms with Gasteiger partial charge in [-0.25, -0.2) is 0 Å². The van der Waals surface area contributed by atoms with Crippen molar-refractivity contribution in [2.45, 2.75) is 39.4 Å². The van der Waals surface area contributed by atoms with Crippen molar-refractivity contribution in [2.24, 2.45) is 4.99 Å². The summed E-state index contributed by atoms with van der Waals surface area (Å²) in [6.07, 6.45) is -3.58. The average molecular weight is 409 g/mol. The molecule has 30 heavy (non-hydrogen) atoms. The number of nitrogens with one attached hydrogen (secondary N) is 1. The van der Waals surface area contributed by atoms with Crippen LogP contribution >= 0.6 is 0 Å². The first-order valence-corrected chi connectivity index (χ1v) is 9.88. The topological polar surface area (TPSA) is 37.3 Å². The Morgan fingerprint density at radius 2 is 1.63 bits per heavy atom. The molecule has 0 saturated carbocycles. The van der Waals surface area contributed by atoms with Crippen molar-refractivity contribution in [1.82, 2.24) is 4.98 Å². The molecule has 6 heteroatoms. The van der Waals surface area contributed by atoms with Crippen molar-refractivity contribution >= 4 is 11.5 Å². The lowest BCUT2D eigenvalue weighted by molar-refractivity contribution is -0.137. The summed E-state index contributed by atoms with van der Waals surface area (Å²) >= 11 is 0. The third kappa shape index (κ3) is 3.58. The number of alkyl halides is 3. The van der Waals surface area contributed by atoms with E-state index >= 15 is 0 Å². The number of hydrogen-bond donors (Lipinski definition) is 1. The predicted molar refractivity (Wildman–Crippen MR) is 114 cm³/mol. The van der Waals surface area contributed by atoms with E-state index in [0.717, 1.165) is 35.0 Å². The number of rotatable bonds is 3. The van der Waals surface area contributed by atoms with Crippen molar-refractivity contribution in [1.29, 1.82) is 0 Å². The maximum Gasteiger partial charge on any atom is 0.417 e. The number of halogens is 3. The van der Waals surface area contributed by atoms with E-state index < -0.39 is 11.7 Å². The normalized spacial score (nSPS) is 15.7. The van der Waals surface area contributed by atoms with Gasteiger partial charge in [0.2, 0.25) is 0 Å². The van der Waals surface area contributed by atoms with Crippen LogP contribution in [0, 0.1) is 13.8 Å². The Hall–Kier alpha value is -3.15. The standard InChI is InChI=1S/C24H22F3N3/c1-4-20-16-9-5-6-10-17(16)23(29-20)30-21-13-22(28-15(3)14(21)2)18-11-7-8-12-19(18)24(25,26)27/h5-13,20H,4H2,1-3H3,(H,28,29,30). The molecule has 1 unspecified atom stereocenters. The molecule has 0 saturated heterocycles. The first kappa shape index (κ1) is 20.1. The number of aliphatic imine (C=N–C) groups is 1. The second-order valence-corrected chi connectivity index (χ2v) is 7.42. The van der Waals surface area contributed by atoms with Crippen LogP contribution in [0.2, 0.25) is 0 Å². The second-order valence-electron chi connectivity index (χ2n) is 7.42. The van der Waals surface area contributed by atoms with Gasteiger partial charge >= 0.3 is 6.18 Å². The Morgan fingerprint density at radius 3 is 2.33 bits per heavy atom. The van der Waals surface area contributed by atoms with Gasteiger partial charge in [-0.1, -0.05) is 49.4 Å². The first-order valence-electron chi connectivity index (χ1n) is 9.88. The fraction of sp³-hybridized carbons (Fsp3) is 0.250. The highest BCUT2D eigenvalue weighted by Gasteiger charge is 2.34. The molecule has 154 valence electrons. The number of pyridine rings is 1. The number of hydrogen-bond acceptors (Lipinski definition) is 3. The van der Waals surface area contributed by atoms with Gasteiger partial charge in [-0.2, -0.15) is 13.2 Å². The Kier molecular flexibility index (Phi) is 5.10. The van der Waals surface area contributed by atoms with Crippen LogP contribution in [0.15, 0.2) is 59.6 Å². The minimum Gasteiger partial charge on any atom is -0.340 e. The smallest absolute Gasteiger partial charge is 0.340 e. The zero-order valence-electron chi connectivity index (χ0n) is 17.0. The molecule has 0 aliphatic carbocycles. The molecule has 0 spiro atoms. The largest absolute Gasteiger partial charge is 0.417 e. The number of benzene rings is 2. The number of amidine groups is 1. The molecule has 1 aliphatic heterocycles. The number of nitrogens with zero attached hydrogens (tertiary/aromatic N) is 2. The van der Waals surface area contributed by atoms with Crippen LogP contribution in [0.4, 0.5) is 18.9 Å². The summed E-state index contributed by atoms with van der Waals surface area (Å²) in [6, 6.07) is 15.3. The zero-order chi connectivity index (χ0) is 21.5. The fourth-order valence-corrected chi connectivity index (χ4v) is 3.79. The number of anilines is 1. The van der Waals surface area contributed by atoms with E-state index in [1.165, 1.54) is 12.1 Å². The second kappa shape index (κ2) is 7.59. The molecule has 0 radical (unpaired) electrons. The van der Waals surface area contributed by atoms with Gasteiger partial charge in [0.25, 0.3) is 0 Å². The molecule has 0 bridgehead atoms. The molecule has 4 rings (SSSR count). The summed E-state index contributed by atoms with van der Waals surface area (Å²) in [5.74, 6) is 0.737. The van der Waals surface area contributed by atoms with Crippen LogP contribution in [0.3, 0.4) is 0 Å². The van der Waals surface area contributed by atoms with Crippen LogP contribution < -0.4 is 5.32 Å². The SMILES string of the molecule is CCC1N=C(Nc2cc(-c3ccccc3C(F)(F)F)nc(C)c2C)c2ccccc21. The van der Waals surface area contributed by atoms with Crippen LogP contribution in [0.1, 0.15) is 47.3 Å². The summed E-state index contributed by atoms with van der Waals surface area (Å²) < 4.78 is 40.6. The average Bonchev–Trinajstić information content (AvgIpc) is 3.08. The highest BCUT2D eigenvalue weighted by molar-refractivity contribution is 6.11. The first-order chi connectivity index (χ1) is 14.3. The Balaban J connectivity index is 1.79. The molecule has 3 nitrogen and oxygen atoms in total. The lowest BCUT2D eigenvalue weighted by Gasteiger charge is -2.17. The molecular weight excluding hydrogens is 387 g/mol. The van der Waals surface area contributed by atoms with Crippen molar-refractivity contribution in [3.63, 3.8) is 0 Å². The quantitative estimate of drug-likeness (QED) is 0.522. The number of aryl methyl sites for hydroxylation is 1. The number of fused-ring (bicyclic) bond motifs is 1. The number of aromatic nitrogens is 1. The van der Waals surface area contributed by atoms with E-state index in [1.54, 1.807) is 19.1 Å². The minimum absolute atomic E-state index is 0.0661. The van der Waals surface area contributed by atoms with Gasteiger partial charge in [-0.3, -0.25) is 9.98 Å². The third-order valence-electron chi connectivity index (χ3n) is 5.52. The van der Waals surface area contributed by atoms with Gasteiger partial charge in [0.1, 0.15) is 5.84 Å². The van der Waals surface area contributed by atoms with Gasteiger partial charge in [0, 0.05) is 22.5 Å². The van der Waals surface area contributed by atoms with E-state index in [9.17, 15) is 13.2 Å². The molecule has 2 heterocycles. The maximum atomic E-state index is 13.5. The van der Waals surface area contributed by atoms with Crippen LogP contribution in [-0.2, 0) is 6.18 Å². The molecule has 1 N–H and O–H groups in total. The molecular formula is C24H22F3N3. The monoisotopic (exact) mass is 409 g/mol. The van der Waals surface area contributed by atoms with Crippen LogP contribution in [0.5, 0.6) is 0 Å². The van der Waals surface area contributed by atoms with Gasteiger partial charge in [-0.05, 0) is 43.5 Å². The molecule has 0 fully saturated rings. The van der Waals surface area contributed by atoms with Gasteiger partial charge in [0.15, 0.2) is 0 Å². The Labute approximate surface area is 173 Å². The molecule has 2 aromatic carbocycles. The molecule has 1 atom stereocenters. The predicted octanol–water partition coefficient (Wildman–Crippen LogP) is 6.71. The Morgan fingerprint density at radius 1 is 0.967 bits per heavy atom. The maximum absolute atomic E-state index is 13.5. The molecule has 0 amide bonds. The van der Waals surface area contributed by atoms with E-state index in [1.807, 2.05) is 25.1 Å². The van der Waals surface area contributed by atoms with Gasteiger partial charge < -0.3 is 5.32 Å². The summed E-state index contributed by atoms with van der Waals surface area (Å²) in [4.78, 5) is 9.25. The summed E-state index contributed by atoms with van der Waals surface area (Å²) in [6.45, 7) is 5.80. The summed E-state index contributed by atoms with van der Waals surface area (Å²) in [5, 5.41) is 3.37. The molecule has 3 aromatic rings. The molecule has 1 aromatic heterocycles. The Bertz CT molecular complexity index is 1130. The van der Waals surface area contributed by atoms with Crippen molar-refractivity contribution in [3.05, 3.63) is 82.5 Å². The zero-order valence-corrected chi connectivity index (χ0v) is 17.0. The van der Waals surface area contributed by atoms with Crippen molar-refractivity contribution in [3.8, 4) is 11.3 Å². The van der Waals surface area contributed by atoms with E-state index in [2.05, 4.69) is 23.3 Å². The lowest BCUT2D eigenvalue weighted by atomic mass is 10.0.